The summed E-state index contributed by atoms with van der Waals surface area (Å²) in [7, 11) is 0. The molecule has 3 heterocycles. The molecule has 2 N–H and O–H groups in total. The summed E-state index contributed by atoms with van der Waals surface area (Å²) in [5.74, 6) is 0.00250. The van der Waals surface area contributed by atoms with Gasteiger partial charge in [-0.25, -0.2) is 14.8 Å². The smallest absolute Gasteiger partial charge is 0.421 e. The summed E-state index contributed by atoms with van der Waals surface area (Å²) in [5.41, 5.74) is -3.59. The Morgan fingerprint density at radius 2 is 1.81 bits per heavy atom. The zero-order valence-electron chi connectivity index (χ0n) is 16.4. The lowest BCUT2D eigenvalue weighted by Crippen LogP contribution is -2.63. The van der Waals surface area contributed by atoms with Gasteiger partial charge in [0.2, 0.25) is 5.95 Å². The second-order valence-corrected chi connectivity index (χ2v) is 7.32. The van der Waals surface area contributed by atoms with Crippen molar-refractivity contribution < 1.29 is 36.2 Å². The van der Waals surface area contributed by atoms with Crippen molar-refractivity contribution in [3.05, 3.63) is 51.7 Å². The van der Waals surface area contributed by atoms with E-state index in [-0.39, 0.29) is 31.0 Å². The number of hydrogen-bond donors (Lipinski definition) is 2. The van der Waals surface area contributed by atoms with Crippen molar-refractivity contribution in [2.45, 2.75) is 37.8 Å². The van der Waals surface area contributed by atoms with Gasteiger partial charge in [0.25, 0.3) is 5.56 Å². The average molecular weight is 465 g/mol. The van der Waals surface area contributed by atoms with Gasteiger partial charge in [0.15, 0.2) is 0 Å². The number of H-pyrrole nitrogens is 1. The fraction of sp³-hybridized carbons (Fsp3) is 0.444. The first-order valence-corrected chi connectivity index (χ1v) is 9.21. The largest absolute Gasteiger partial charge is 0.465 e. The number of hydrogen-bond acceptors (Lipinski definition) is 5. The van der Waals surface area contributed by atoms with Gasteiger partial charge in [-0.05, 0) is 25.0 Å². The molecule has 2 aromatic rings. The first kappa shape index (κ1) is 23.3. The Labute approximate surface area is 176 Å². The summed E-state index contributed by atoms with van der Waals surface area (Å²) in [6.45, 7) is 1.70. The van der Waals surface area contributed by atoms with Crippen LogP contribution in [0.25, 0.3) is 0 Å². The van der Waals surface area contributed by atoms with Gasteiger partial charge in [-0.2, -0.15) is 26.3 Å². The van der Waals surface area contributed by atoms with Crippen LogP contribution in [0.3, 0.4) is 0 Å². The molecule has 8 nitrogen and oxygen atoms in total. The zero-order chi connectivity index (χ0) is 23.8. The molecule has 0 spiro atoms. The van der Waals surface area contributed by atoms with Crippen molar-refractivity contribution in [3.63, 3.8) is 0 Å². The molecular weight excluding hydrogens is 448 g/mol. The molecule has 1 amide bonds. The molecule has 3 rings (SSSR count). The molecular formula is C18H17F6N5O3. The first-order chi connectivity index (χ1) is 14.8. The molecule has 1 atom stereocenters. The van der Waals surface area contributed by atoms with Gasteiger partial charge in [-0.1, -0.05) is 0 Å². The number of amides is 1. The molecule has 174 valence electrons. The maximum Gasteiger partial charge on any atom is 0.421 e. The van der Waals surface area contributed by atoms with Gasteiger partial charge in [0.05, 0.1) is 11.6 Å². The number of nitrogens with zero attached hydrogens (tertiary/aromatic N) is 4. The number of rotatable bonds is 5. The van der Waals surface area contributed by atoms with E-state index < -0.39 is 47.2 Å². The molecule has 0 radical (unpaired) electrons. The number of carboxylic acid groups (broad SMARTS) is 1. The van der Waals surface area contributed by atoms with E-state index in [0.29, 0.717) is 18.5 Å². The quantitative estimate of drug-likeness (QED) is 0.659. The van der Waals surface area contributed by atoms with Crippen LogP contribution in [0.5, 0.6) is 0 Å². The van der Waals surface area contributed by atoms with E-state index in [1.54, 1.807) is 0 Å². The number of aromatic amines is 1. The number of pyridine rings is 1. The number of anilines is 1. The molecule has 0 bridgehead atoms. The zero-order valence-corrected chi connectivity index (χ0v) is 16.4. The van der Waals surface area contributed by atoms with Gasteiger partial charge < -0.3 is 15.0 Å². The number of halogens is 6. The summed E-state index contributed by atoms with van der Waals surface area (Å²) in [4.78, 5) is 35.0. The Bertz CT molecular complexity index is 1030. The third kappa shape index (κ3) is 4.94. The second kappa shape index (κ2) is 8.31. The summed E-state index contributed by atoms with van der Waals surface area (Å²) in [5, 5.41) is 9.58. The molecule has 0 aromatic carbocycles. The summed E-state index contributed by atoms with van der Waals surface area (Å²) in [6, 6.07) is -0.642. The summed E-state index contributed by atoms with van der Waals surface area (Å²) in [6.07, 6.45) is -8.50. The highest BCUT2D eigenvalue weighted by Crippen LogP contribution is 2.30. The number of aromatic nitrogens is 3. The van der Waals surface area contributed by atoms with Crippen LogP contribution in [-0.2, 0) is 18.8 Å². The molecule has 32 heavy (non-hydrogen) atoms. The lowest BCUT2D eigenvalue weighted by Gasteiger charge is -2.46. The minimum Gasteiger partial charge on any atom is -0.465 e. The van der Waals surface area contributed by atoms with Crippen LogP contribution in [0.1, 0.15) is 23.6 Å². The van der Waals surface area contributed by atoms with E-state index >= 15 is 0 Å². The van der Waals surface area contributed by atoms with E-state index in [2.05, 4.69) is 9.97 Å². The van der Waals surface area contributed by atoms with Crippen LogP contribution in [0.15, 0.2) is 29.5 Å². The standard InChI is InChI=1S/C18H17F6N5O3/c1-9(2-10-3-13(18(22,23)24)14(30)25-4-10)29(16(31)32)12-7-28(8-12)15-26-5-11(6-27-15)17(19,20)21/h3-6,9,12H,2,7-8H2,1H3,(H,25,30)(H,31,32)/t9-/m0/s1. The molecule has 0 unspecified atom stereocenters. The minimum absolute atomic E-state index is 0.00250. The van der Waals surface area contributed by atoms with E-state index in [9.17, 15) is 41.0 Å². The van der Waals surface area contributed by atoms with Crippen molar-refractivity contribution >= 4 is 12.0 Å². The van der Waals surface area contributed by atoms with E-state index in [0.717, 1.165) is 11.1 Å². The predicted molar refractivity (Wildman–Crippen MR) is 98.1 cm³/mol. The number of nitrogens with one attached hydrogen (secondary N) is 1. The molecule has 1 fully saturated rings. The van der Waals surface area contributed by atoms with Crippen molar-refractivity contribution in [1.29, 1.82) is 0 Å². The van der Waals surface area contributed by atoms with E-state index in [1.807, 2.05) is 4.98 Å². The van der Waals surface area contributed by atoms with Crippen molar-refractivity contribution in [2.75, 3.05) is 18.0 Å². The fourth-order valence-corrected chi connectivity index (χ4v) is 3.43. The molecule has 1 aliphatic rings. The van der Waals surface area contributed by atoms with Crippen molar-refractivity contribution in [3.8, 4) is 0 Å². The second-order valence-electron chi connectivity index (χ2n) is 7.32. The average Bonchev–Trinajstić information content (AvgIpc) is 2.63. The molecule has 0 saturated carbocycles. The number of alkyl halides is 6. The first-order valence-electron chi connectivity index (χ1n) is 9.21. The Morgan fingerprint density at radius 1 is 1.22 bits per heavy atom. The monoisotopic (exact) mass is 465 g/mol. The topological polar surface area (TPSA) is 102 Å². The van der Waals surface area contributed by atoms with Gasteiger partial charge in [0, 0.05) is 37.7 Å². The third-order valence-corrected chi connectivity index (χ3v) is 5.00. The normalized spacial score (nSPS) is 15.9. The van der Waals surface area contributed by atoms with E-state index in [4.69, 9.17) is 0 Å². The van der Waals surface area contributed by atoms with Crippen LogP contribution in [0, 0.1) is 0 Å². The van der Waals surface area contributed by atoms with Gasteiger partial charge in [0.1, 0.15) is 5.56 Å². The Morgan fingerprint density at radius 3 is 2.31 bits per heavy atom. The number of carbonyl (C=O) groups is 1. The van der Waals surface area contributed by atoms with Crippen LogP contribution in [0.4, 0.5) is 37.1 Å². The van der Waals surface area contributed by atoms with Crippen LogP contribution in [-0.4, -0.2) is 56.2 Å². The highest BCUT2D eigenvalue weighted by atomic mass is 19.4. The molecule has 1 aliphatic heterocycles. The third-order valence-electron chi connectivity index (χ3n) is 5.00. The van der Waals surface area contributed by atoms with Gasteiger partial charge in [-0.15, -0.1) is 0 Å². The van der Waals surface area contributed by atoms with Crippen LogP contribution >= 0.6 is 0 Å². The molecule has 14 heteroatoms. The highest BCUT2D eigenvalue weighted by molar-refractivity contribution is 5.66. The van der Waals surface area contributed by atoms with Crippen LogP contribution < -0.4 is 10.5 Å². The van der Waals surface area contributed by atoms with E-state index in [1.165, 1.54) is 11.8 Å². The van der Waals surface area contributed by atoms with Crippen LogP contribution in [0.2, 0.25) is 0 Å². The fourth-order valence-electron chi connectivity index (χ4n) is 3.43. The Kier molecular flexibility index (Phi) is 6.07. The lowest BCUT2D eigenvalue weighted by molar-refractivity contribution is -0.139. The lowest BCUT2D eigenvalue weighted by atomic mass is 10.0. The summed E-state index contributed by atoms with van der Waals surface area (Å²) < 4.78 is 76.6. The van der Waals surface area contributed by atoms with Crippen molar-refractivity contribution in [2.24, 2.45) is 0 Å². The molecule has 0 aliphatic carbocycles. The van der Waals surface area contributed by atoms with Gasteiger partial charge >= 0.3 is 18.4 Å². The highest BCUT2D eigenvalue weighted by Gasteiger charge is 2.39. The molecule has 1 saturated heterocycles. The Balaban J connectivity index is 1.68. The maximum atomic E-state index is 12.9. The SMILES string of the molecule is C[C@@H](Cc1c[nH]c(=O)c(C(F)(F)F)c1)N(C(=O)O)C1CN(c2ncc(C(F)(F)F)cn2)C1. The molecule has 2 aromatic heterocycles. The predicted octanol–water partition coefficient (Wildman–Crippen LogP) is 3.00. The van der Waals surface area contributed by atoms with Gasteiger partial charge in [-0.3, -0.25) is 9.69 Å². The minimum atomic E-state index is -4.85. The Hall–Kier alpha value is -3.32. The summed E-state index contributed by atoms with van der Waals surface area (Å²) >= 11 is 0. The van der Waals surface area contributed by atoms with Crippen molar-refractivity contribution in [1.82, 2.24) is 19.9 Å². The maximum absolute atomic E-state index is 12.9.